The summed E-state index contributed by atoms with van der Waals surface area (Å²) in [6.07, 6.45) is 1.62. The summed E-state index contributed by atoms with van der Waals surface area (Å²) in [6.45, 7) is 1.52. The van der Waals surface area contributed by atoms with E-state index in [-0.39, 0.29) is 12.0 Å². The van der Waals surface area contributed by atoms with E-state index in [9.17, 15) is 9.90 Å². The number of methoxy groups -OCH3 is 2. The molecule has 0 aliphatic carbocycles. The van der Waals surface area contributed by atoms with E-state index in [1.807, 2.05) is 13.0 Å². The summed E-state index contributed by atoms with van der Waals surface area (Å²) in [4.78, 5) is 11.7. The third-order valence-corrected chi connectivity index (χ3v) is 3.14. The first kappa shape index (κ1) is 14.1. The molecule has 2 aromatic rings. The maximum absolute atomic E-state index is 11.7. The van der Waals surface area contributed by atoms with Crippen LogP contribution in [0.2, 0.25) is 0 Å². The Labute approximate surface area is 117 Å². The van der Waals surface area contributed by atoms with Crippen molar-refractivity contribution in [1.82, 2.24) is 4.57 Å². The van der Waals surface area contributed by atoms with Crippen molar-refractivity contribution in [2.45, 2.75) is 13.5 Å². The lowest BCUT2D eigenvalue weighted by atomic mass is 10.2. The van der Waals surface area contributed by atoms with E-state index in [1.165, 1.54) is 6.07 Å². The minimum Gasteiger partial charge on any atom is -0.497 e. The molecule has 0 aliphatic heterocycles. The van der Waals surface area contributed by atoms with Gasteiger partial charge in [0.25, 0.3) is 0 Å². The molecule has 0 saturated heterocycles. The molecule has 0 aliphatic rings. The smallest absolute Gasteiger partial charge is 0.187 e. The topological polar surface area (TPSA) is 60.7 Å². The molecule has 0 saturated carbocycles. The van der Waals surface area contributed by atoms with Gasteiger partial charge in [-0.05, 0) is 19.1 Å². The second-order valence-corrected chi connectivity index (χ2v) is 4.37. The van der Waals surface area contributed by atoms with Crippen molar-refractivity contribution in [1.29, 1.82) is 0 Å². The lowest BCUT2D eigenvalue weighted by Gasteiger charge is -2.16. The molecule has 0 radical (unpaired) electrons. The lowest BCUT2D eigenvalue weighted by molar-refractivity contribution is 0.280. The van der Waals surface area contributed by atoms with E-state index in [2.05, 4.69) is 0 Å². The minimum absolute atomic E-state index is 0.178. The second-order valence-electron chi connectivity index (χ2n) is 4.37. The Hall–Kier alpha value is -2.27. The van der Waals surface area contributed by atoms with Gasteiger partial charge in [-0.3, -0.25) is 4.79 Å². The summed E-state index contributed by atoms with van der Waals surface area (Å²) in [6, 6.07) is 6.90. The Morgan fingerprint density at radius 2 is 1.95 bits per heavy atom. The standard InChI is InChI=1S/C15H17NO4/c1-10-6-14(18)11(9-17)8-16(10)13-7-12(19-2)4-5-15(13)20-3/h4-8,17H,9H2,1-3H3. The molecule has 0 unspecified atom stereocenters. The summed E-state index contributed by atoms with van der Waals surface area (Å²) >= 11 is 0. The number of ether oxygens (including phenoxy) is 2. The number of aryl methyl sites for hydroxylation is 1. The fourth-order valence-electron chi connectivity index (χ4n) is 2.04. The van der Waals surface area contributed by atoms with Crippen LogP contribution in [-0.4, -0.2) is 23.9 Å². The molecule has 1 heterocycles. The first-order valence-corrected chi connectivity index (χ1v) is 6.16. The van der Waals surface area contributed by atoms with Gasteiger partial charge in [0.15, 0.2) is 5.43 Å². The van der Waals surface area contributed by atoms with Crippen LogP contribution in [0.5, 0.6) is 11.5 Å². The van der Waals surface area contributed by atoms with E-state index in [1.54, 1.807) is 37.1 Å². The molecular weight excluding hydrogens is 258 g/mol. The number of hydrogen-bond acceptors (Lipinski definition) is 4. The lowest BCUT2D eigenvalue weighted by Crippen LogP contribution is -2.14. The zero-order valence-electron chi connectivity index (χ0n) is 11.7. The highest BCUT2D eigenvalue weighted by atomic mass is 16.5. The summed E-state index contributed by atoms with van der Waals surface area (Å²) in [5, 5.41) is 9.24. The first-order valence-electron chi connectivity index (χ1n) is 6.16. The van der Waals surface area contributed by atoms with Crippen LogP contribution in [-0.2, 0) is 6.61 Å². The van der Waals surface area contributed by atoms with Crippen LogP contribution in [0.4, 0.5) is 0 Å². The number of aliphatic hydroxyl groups excluding tert-OH is 1. The molecule has 0 bridgehead atoms. The molecule has 1 aromatic heterocycles. The molecule has 0 amide bonds. The summed E-state index contributed by atoms with van der Waals surface area (Å²) in [7, 11) is 3.17. The SMILES string of the molecule is COc1ccc(OC)c(-n2cc(CO)c(=O)cc2C)c1. The highest BCUT2D eigenvalue weighted by molar-refractivity contribution is 5.52. The van der Waals surface area contributed by atoms with Crippen LogP contribution in [0.3, 0.4) is 0 Å². The zero-order chi connectivity index (χ0) is 14.7. The maximum atomic E-state index is 11.7. The summed E-state index contributed by atoms with van der Waals surface area (Å²) in [5.74, 6) is 1.34. The van der Waals surface area contributed by atoms with Gasteiger partial charge in [-0.2, -0.15) is 0 Å². The van der Waals surface area contributed by atoms with Crippen molar-refractivity contribution in [3.05, 3.63) is 51.9 Å². The third-order valence-electron chi connectivity index (χ3n) is 3.14. The number of rotatable bonds is 4. The van der Waals surface area contributed by atoms with Crippen LogP contribution < -0.4 is 14.9 Å². The number of nitrogens with zero attached hydrogens (tertiary/aromatic N) is 1. The van der Waals surface area contributed by atoms with Gasteiger partial charge in [0, 0.05) is 29.6 Å². The van der Waals surface area contributed by atoms with Gasteiger partial charge in [0.05, 0.1) is 26.5 Å². The van der Waals surface area contributed by atoms with Crippen molar-refractivity contribution in [3.63, 3.8) is 0 Å². The molecule has 2 rings (SSSR count). The predicted octanol–water partition coefficient (Wildman–Crippen LogP) is 1.66. The molecular formula is C15H17NO4. The molecule has 106 valence electrons. The second kappa shape index (κ2) is 5.79. The highest BCUT2D eigenvalue weighted by Crippen LogP contribution is 2.28. The number of pyridine rings is 1. The number of benzene rings is 1. The monoisotopic (exact) mass is 275 g/mol. The van der Waals surface area contributed by atoms with Crippen LogP contribution in [0, 0.1) is 6.92 Å². The molecule has 1 N–H and O–H groups in total. The van der Waals surface area contributed by atoms with Crippen molar-refractivity contribution >= 4 is 0 Å². The Morgan fingerprint density at radius 3 is 2.55 bits per heavy atom. The van der Waals surface area contributed by atoms with Crippen molar-refractivity contribution in [2.24, 2.45) is 0 Å². The molecule has 0 spiro atoms. The molecule has 5 heteroatoms. The fraction of sp³-hybridized carbons (Fsp3) is 0.267. The average molecular weight is 275 g/mol. The van der Waals surface area contributed by atoms with E-state index in [0.717, 1.165) is 11.4 Å². The predicted molar refractivity (Wildman–Crippen MR) is 75.8 cm³/mol. The normalized spacial score (nSPS) is 10.4. The average Bonchev–Trinajstić information content (AvgIpc) is 2.47. The number of aromatic nitrogens is 1. The largest absolute Gasteiger partial charge is 0.497 e. The molecule has 0 fully saturated rings. The van der Waals surface area contributed by atoms with Crippen molar-refractivity contribution < 1.29 is 14.6 Å². The third kappa shape index (κ3) is 2.53. The van der Waals surface area contributed by atoms with E-state index in [0.29, 0.717) is 17.1 Å². The Bertz CT molecular complexity index is 676. The number of aliphatic hydroxyl groups is 1. The van der Waals surface area contributed by atoms with Gasteiger partial charge in [-0.25, -0.2) is 0 Å². The summed E-state index contributed by atoms with van der Waals surface area (Å²) in [5.41, 5.74) is 1.65. The van der Waals surface area contributed by atoms with Gasteiger partial charge in [-0.1, -0.05) is 0 Å². The highest BCUT2D eigenvalue weighted by Gasteiger charge is 2.10. The van der Waals surface area contributed by atoms with Crippen LogP contribution in [0.1, 0.15) is 11.3 Å². The van der Waals surface area contributed by atoms with Crippen LogP contribution in [0.15, 0.2) is 35.3 Å². The van der Waals surface area contributed by atoms with Crippen LogP contribution in [0.25, 0.3) is 5.69 Å². The Kier molecular flexibility index (Phi) is 4.10. The molecule has 5 nitrogen and oxygen atoms in total. The fourth-order valence-corrected chi connectivity index (χ4v) is 2.04. The Balaban J connectivity index is 2.69. The molecule has 1 aromatic carbocycles. The van der Waals surface area contributed by atoms with Gasteiger partial charge in [0.1, 0.15) is 11.5 Å². The molecule has 0 atom stereocenters. The number of hydrogen-bond donors (Lipinski definition) is 1. The Morgan fingerprint density at radius 1 is 1.20 bits per heavy atom. The minimum atomic E-state index is -0.300. The van der Waals surface area contributed by atoms with Gasteiger partial charge in [0.2, 0.25) is 0 Å². The maximum Gasteiger partial charge on any atom is 0.187 e. The quantitative estimate of drug-likeness (QED) is 0.921. The van der Waals surface area contributed by atoms with Crippen molar-refractivity contribution in [2.75, 3.05) is 14.2 Å². The van der Waals surface area contributed by atoms with E-state index in [4.69, 9.17) is 9.47 Å². The molecule has 20 heavy (non-hydrogen) atoms. The van der Waals surface area contributed by atoms with Gasteiger partial charge >= 0.3 is 0 Å². The van der Waals surface area contributed by atoms with Gasteiger partial charge in [-0.15, -0.1) is 0 Å². The summed E-state index contributed by atoms with van der Waals surface area (Å²) < 4.78 is 12.4. The zero-order valence-corrected chi connectivity index (χ0v) is 11.7. The van der Waals surface area contributed by atoms with E-state index >= 15 is 0 Å². The van der Waals surface area contributed by atoms with Crippen molar-refractivity contribution in [3.8, 4) is 17.2 Å². The first-order chi connectivity index (χ1) is 9.60. The van der Waals surface area contributed by atoms with E-state index < -0.39 is 0 Å². The van der Waals surface area contributed by atoms with Gasteiger partial charge < -0.3 is 19.1 Å². The van der Waals surface area contributed by atoms with Crippen LogP contribution >= 0.6 is 0 Å².